The van der Waals surface area contributed by atoms with E-state index in [4.69, 9.17) is 23.2 Å². The molecule has 0 radical (unpaired) electrons. The fraction of sp³-hybridized carbons (Fsp3) is 0.0667. The second kappa shape index (κ2) is 6.76. The third kappa shape index (κ3) is 3.67. The van der Waals surface area contributed by atoms with E-state index in [1.807, 2.05) is 24.3 Å². The Bertz CT molecular complexity index is 890. The summed E-state index contributed by atoms with van der Waals surface area (Å²) in [6.45, 7) is 0.0200. The zero-order valence-corrected chi connectivity index (χ0v) is 13.3. The minimum absolute atomic E-state index is 0.0200. The first kappa shape index (κ1) is 15.5. The normalized spacial score (nSPS) is 11.2. The van der Waals surface area contributed by atoms with Crippen LogP contribution in [-0.2, 0) is 11.3 Å². The molecule has 23 heavy (non-hydrogen) atoms. The first-order valence-electron chi connectivity index (χ1n) is 6.68. The van der Waals surface area contributed by atoms with Crippen molar-refractivity contribution in [3.63, 3.8) is 0 Å². The standard InChI is InChI=1S/C15H11Cl2N5O/c16-11-6-5-10(12(17)7-11)8-18-20-15(23)9-22-14-4-2-1-3-13(14)19-21-22/h1-8H,9H2,(H,20,23). The van der Waals surface area contributed by atoms with E-state index in [9.17, 15) is 4.79 Å². The van der Waals surface area contributed by atoms with E-state index >= 15 is 0 Å². The third-order valence-electron chi connectivity index (χ3n) is 3.07. The zero-order valence-electron chi connectivity index (χ0n) is 11.8. The van der Waals surface area contributed by atoms with Crippen molar-refractivity contribution in [2.75, 3.05) is 0 Å². The Balaban J connectivity index is 1.64. The molecule has 1 N–H and O–H groups in total. The number of halogens is 2. The van der Waals surface area contributed by atoms with Gasteiger partial charge in [0, 0.05) is 10.6 Å². The maximum absolute atomic E-state index is 11.9. The van der Waals surface area contributed by atoms with E-state index in [-0.39, 0.29) is 12.5 Å². The Morgan fingerprint density at radius 3 is 2.91 bits per heavy atom. The summed E-state index contributed by atoms with van der Waals surface area (Å²) in [5, 5.41) is 12.8. The van der Waals surface area contributed by atoms with Crippen LogP contribution in [0.2, 0.25) is 10.0 Å². The molecule has 1 amide bonds. The van der Waals surface area contributed by atoms with Crippen molar-refractivity contribution in [3.8, 4) is 0 Å². The number of nitrogens with zero attached hydrogens (tertiary/aromatic N) is 4. The number of carbonyl (C=O) groups excluding carboxylic acids is 1. The fourth-order valence-electron chi connectivity index (χ4n) is 1.99. The molecule has 0 atom stereocenters. The number of aromatic nitrogens is 3. The molecular weight excluding hydrogens is 337 g/mol. The van der Waals surface area contributed by atoms with E-state index < -0.39 is 0 Å². The van der Waals surface area contributed by atoms with Gasteiger partial charge in [0.25, 0.3) is 5.91 Å². The average molecular weight is 348 g/mol. The zero-order chi connectivity index (χ0) is 16.2. The topological polar surface area (TPSA) is 72.2 Å². The number of amides is 1. The number of benzene rings is 2. The van der Waals surface area contributed by atoms with Crippen LogP contribution < -0.4 is 5.43 Å². The van der Waals surface area contributed by atoms with Gasteiger partial charge in [0.2, 0.25) is 0 Å². The second-order valence-electron chi connectivity index (χ2n) is 4.69. The van der Waals surface area contributed by atoms with Crippen molar-refractivity contribution in [2.24, 2.45) is 5.10 Å². The lowest BCUT2D eigenvalue weighted by Gasteiger charge is -2.01. The third-order valence-corrected chi connectivity index (χ3v) is 3.63. The summed E-state index contributed by atoms with van der Waals surface area (Å²) in [5.41, 5.74) is 4.60. The number of para-hydroxylation sites is 1. The Labute approximate surface area is 141 Å². The molecule has 0 fully saturated rings. The molecule has 0 bridgehead atoms. The molecule has 0 aliphatic heterocycles. The molecule has 0 aliphatic rings. The molecule has 6 nitrogen and oxygen atoms in total. The van der Waals surface area contributed by atoms with Crippen LogP contribution in [-0.4, -0.2) is 27.1 Å². The van der Waals surface area contributed by atoms with Crippen LogP contribution >= 0.6 is 23.2 Å². The van der Waals surface area contributed by atoms with Gasteiger partial charge in [-0.15, -0.1) is 5.10 Å². The lowest BCUT2D eigenvalue weighted by atomic mass is 10.2. The molecule has 1 aromatic heterocycles. The van der Waals surface area contributed by atoms with Gasteiger partial charge in [0.05, 0.1) is 16.8 Å². The Morgan fingerprint density at radius 2 is 2.09 bits per heavy atom. The monoisotopic (exact) mass is 347 g/mol. The highest BCUT2D eigenvalue weighted by Gasteiger charge is 2.07. The summed E-state index contributed by atoms with van der Waals surface area (Å²) in [4.78, 5) is 11.9. The quantitative estimate of drug-likeness (QED) is 0.582. The predicted octanol–water partition coefficient (Wildman–Crippen LogP) is 2.89. The predicted molar refractivity (Wildman–Crippen MR) is 89.7 cm³/mol. The largest absolute Gasteiger partial charge is 0.271 e. The van der Waals surface area contributed by atoms with Gasteiger partial charge in [-0.1, -0.05) is 46.6 Å². The number of nitrogens with one attached hydrogen (secondary N) is 1. The van der Waals surface area contributed by atoms with Gasteiger partial charge in [0.1, 0.15) is 12.1 Å². The number of hydrogen-bond acceptors (Lipinski definition) is 4. The Hall–Kier alpha value is -2.44. The van der Waals surface area contributed by atoms with Crippen LogP contribution in [0.1, 0.15) is 5.56 Å². The number of rotatable bonds is 4. The highest BCUT2D eigenvalue weighted by atomic mass is 35.5. The summed E-state index contributed by atoms with van der Waals surface area (Å²) in [6, 6.07) is 12.4. The Morgan fingerprint density at radius 1 is 1.26 bits per heavy atom. The minimum Gasteiger partial charge on any atom is -0.271 e. The van der Waals surface area contributed by atoms with E-state index in [0.717, 1.165) is 11.0 Å². The SMILES string of the molecule is O=C(Cn1nnc2ccccc21)NN=Cc1ccc(Cl)cc1Cl. The summed E-state index contributed by atoms with van der Waals surface area (Å²) in [5.74, 6) is -0.318. The first-order valence-corrected chi connectivity index (χ1v) is 7.44. The summed E-state index contributed by atoms with van der Waals surface area (Å²) in [7, 11) is 0. The molecule has 0 aliphatic carbocycles. The average Bonchev–Trinajstić information content (AvgIpc) is 2.93. The summed E-state index contributed by atoms with van der Waals surface area (Å²) in [6.07, 6.45) is 1.45. The van der Waals surface area contributed by atoms with Gasteiger partial charge < -0.3 is 0 Å². The number of fused-ring (bicyclic) bond motifs is 1. The molecule has 2 aromatic carbocycles. The molecule has 0 spiro atoms. The molecule has 0 saturated heterocycles. The molecule has 3 rings (SSSR count). The first-order chi connectivity index (χ1) is 11.1. The highest BCUT2D eigenvalue weighted by Crippen LogP contribution is 2.19. The van der Waals surface area contributed by atoms with Crippen LogP contribution in [0.5, 0.6) is 0 Å². The van der Waals surface area contributed by atoms with Crippen LogP contribution in [0.25, 0.3) is 11.0 Å². The lowest BCUT2D eigenvalue weighted by molar-refractivity contribution is -0.121. The number of hydrazone groups is 1. The molecule has 0 saturated carbocycles. The minimum atomic E-state index is -0.318. The molecule has 116 valence electrons. The summed E-state index contributed by atoms with van der Waals surface area (Å²) < 4.78 is 1.51. The molecule has 3 aromatic rings. The number of carbonyl (C=O) groups is 1. The van der Waals surface area contributed by atoms with Crippen molar-refractivity contribution in [2.45, 2.75) is 6.54 Å². The van der Waals surface area contributed by atoms with Gasteiger partial charge in [0.15, 0.2) is 0 Å². The maximum Gasteiger partial charge on any atom is 0.261 e. The van der Waals surface area contributed by atoms with Gasteiger partial charge in [-0.25, -0.2) is 10.1 Å². The van der Waals surface area contributed by atoms with E-state index in [1.165, 1.54) is 10.9 Å². The van der Waals surface area contributed by atoms with E-state index in [1.54, 1.807) is 18.2 Å². The highest BCUT2D eigenvalue weighted by molar-refractivity contribution is 6.36. The van der Waals surface area contributed by atoms with Gasteiger partial charge in [-0.3, -0.25) is 4.79 Å². The molecule has 8 heteroatoms. The van der Waals surface area contributed by atoms with Crippen molar-refractivity contribution < 1.29 is 4.79 Å². The van der Waals surface area contributed by atoms with Crippen LogP contribution in [0.4, 0.5) is 0 Å². The van der Waals surface area contributed by atoms with E-state index in [0.29, 0.717) is 15.6 Å². The van der Waals surface area contributed by atoms with Crippen molar-refractivity contribution in [1.82, 2.24) is 20.4 Å². The molecule has 0 unspecified atom stereocenters. The maximum atomic E-state index is 11.9. The Kier molecular flexibility index (Phi) is 4.55. The lowest BCUT2D eigenvalue weighted by Crippen LogP contribution is -2.23. The van der Waals surface area contributed by atoms with Gasteiger partial charge in [-0.2, -0.15) is 5.10 Å². The summed E-state index contributed by atoms with van der Waals surface area (Å²) >= 11 is 11.8. The molecular formula is C15H11Cl2N5O. The number of hydrogen-bond donors (Lipinski definition) is 1. The van der Waals surface area contributed by atoms with Crippen LogP contribution in [0.3, 0.4) is 0 Å². The molecule has 1 heterocycles. The van der Waals surface area contributed by atoms with Gasteiger partial charge >= 0.3 is 0 Å². The fourth-order valence-corrected chi connectivity index (χ4v) is 2.44. The van der Waals surface area contributed by atoms with E-state index in [2.05, 4.69) is 20.8 Å². The van der Waals surface area contributed by atoms with Crippen LogP contribution in [0, 0.1) is 0 Å². The van der Waals surface area contributed by atoms with Crippen LogP contribution in [0.15, 0.2) is 47.6 Å². The second-order valence-corrected chi connectivity index (χ2v) is 5.54. The van der Waals surface area contributed by atoms with Crippen molar-refractivity contribution in [3.05, 3.63) is 58.1 Å². The van der Waals surface area contributed by atoms with Crippen molar-refractivity contribution in [1.29, 1.82) is 0 Å². The van der Waals surface area contributed by atoms with Gasteiger partial charge in [-0.05, 0) is 24.3 Å². The smallest absolute Gasteiger partial charge is 0.261 e. The van der Waals surface area contributed by atoms with Crippen molar-refractivity contribution >= 4 is 46.4 Å².